The normalized spacial score (nSPS) is 12.3. The maximum atomic E-state index is 11.5. The maximum absolute atomic E-state index is 11.5. The van der Waals surface area contributed by atoms with Crippen LogP contribution in [0.3, 0.4) is 0 Å². The average Bonchev–Trinajstić information content (AvgIpc) is 2.38. The molecule has 0 fully saturated rings. The van der Waals surface area contributed by atoms with E-state index in [1.165, 1.54) is 18.9 Å². The van der Waals surface area contributed by atoms with Crippen molar-refractivity contribution < 1.29 is 9.90 Å². The van der Waals surface area contributed by atoms with Crippen molar-refractivity contribution in [2.45, 2.75) is 51.4 Å². The van der Waals surface area contributed by atoms with Crippen molar-refractivity contribution in [2.24, 2.45) is 0 Å². The Morgan fingerprint density at radius 1 is 1.25 bits per heavy atom. The summed E-state index contributed by atoms with van der Waals surface area (Å²) in [6.45, 7) is 2.15. The Bertz CT molecular complexity index is 463. The van der Waals surface area contributed by atoms with E-state index < -0.39 is 11.9 Å². The Hall–Kier alpha value is -0.930. The Morgan fingerprint density at radius 3 is 2.50 bits per heavy atom. The van der Waals surface area contributed by atoms with E-state index in [2.05, 4.69) is 6.92 Å². The molecule has 0 saturated carbocycles. The fourth-order valence-electron chi connectivity index (χ4n) is 2.26. The lowest BCUT2D eigenvalue weighted by atomic mass is 9.91. The monoisotopic (exact) mass is 317 g/mol. The average molecular weight is 318 g/mol. The van der Waals surface area contributed by atoms with Crippen molar-refractivity contribution in [1.82, 2.24) is 0 Å². The van der Waals surface area contributed by atoms with Crippen LogP contribution in [0.15, 0.2) is 12.1 Å². The minimum atomic E-state index is -0.884. The van der Waals surface area contributed by atoms with E-state index in [0.717, 1.165) is 19.3 Å². The second kappa shape index (κ2) is 8.38. The van der Waals surface area contributed by atoms with Crippen LogP contribution in [0, 0.1) is 0 Å². The first-order valence-corrected chi connectivity index (χ1v) is 7.70. The van der Waals surface area contributed by atoms with Crippen molar-refractivity contribution in [3.05, 3.63) is 27.7 Å². The van der Waals surface area contributed by atoms with E-state index in [0.29, 0.717) is 27.7 Å². The zero-order chi connectivity index (χ0) is 15.1. The number of nitrogens with two attached hydrogens (primary N) is 1. The van der Waals surface area contributed by atoms with E-state index in [9.17, 15) is 9.90 Å². The Morgan fingerprint density at radius 2 is 1.90 bits per heavy atom. The summed E-state index contributed by atoms with van der Waals surface area (Å²) in [5, 5.41) is 10.1. The molecule has 0 spiro atoms. The molecule has 0 saturated heterocycles. The summed E-state index contributed by atoms with van der Waals surface area (Å²) in [5.41, 5.74) is 6.72. The van der Waals surface area contributed by atoms with Gasteiger partial charge < -0.3 is 10.8 Å². The molecule has 112 valence electrons. The molecule has 0 heterocycles. The van der Waals surface area contributed by atoms with Gasteiger partial charge in [-0.1, -0.05) is 62.2 Å². The van der Waals surface area contributed by atoms with Gasteiger partial charge >= 0.3 is 5.97 Å². The summed E-state index contributed by atoms with van der Waals surface area (Å²) in [6, 6.07) is 3.13. The highest BCUT2D eigenvalue weighted by molar-refractivity contribution is 6.36. The van der Waals surface area contributed by atoms with Gasteiger partial charge in [0.1, 0.15) is 0 Å². The number of carbonyl (C=O) groups is 1. The first kappa shape index (κ1) is 17.1. The van der Waals surface area contributed by atoms with Gasteiger partial charge in [0.2, 0.25) is 0 Å². The van der Waals surface area contributed by atoms with Crippen LogP contribution in [0.25, 0.3) is 0 Å². The topological polar surface area (TPSA) is 63.3 Å². The van der Waals surface area contributed by atoms with E-state index in [4.69, 9.17) is 28.9 Å². The van der Waals surface area contributed by atoms with Crippen LogP contribution in [0.4, 0.5) is 5.69 Å². The quantitative estimate of drug-likeness (QED) is 0.517. The van der Waals surface area contributed by atoms with Crippen molar-refractivity contribution in [3.63, 3.8) is 0 Å². The molecule has 5 heteroatoms. The minimum absolute atomic E-state index is 0.310. The lowest BCUT2D eigenvalue weighted by Crippen LogP contribution is -2.14. The second-order valence-corrected chi connectivity index (χ2v) is 5.83. The van der Waals surface area contributed by atoms with Gasteiger partial charge in [-0.3, -0.25) is 4.79 Å². The van der Waals surface area contributed by atoms with Gasteiger partial charge in [0.25, 0.3) is 0 Å². The molecule has 1 unspecified atom stereocenters. The molecule has 0 amide bonds. The molecule has 3 nitrogen and oxygen atoms in total. The molecule has 1 aromatic carbocycles. The number of hydrogen-bond donors (Lipinski definition) is 2. The van der Waals surface area contributed by atoms with Crippen molar-refractivity contribution in [2.75, 3.05) is 5.73 Å². The Labute approximate surface area is 130 Å². The predicted molar refractivity (Wildman–Crippen MR) is 84.6 cm³/mol. The first-order valence-electron chi connectivity index (χ1n) is 6.94. The van der Waals surface area contributed by atoms with Crippen LogP contribution >= 0.6 is 23.2 Å². The number of carboxylic acid groups (broad SMARTS) is 1. The molecule has 1 atom stereocenters. The van der Waals surface area contributed by atoms with Gasteiger partial charge in [0.05, 0.1) is 16.6 Å². The number of hydrogen-bond acceptors (Lipinski definition) is 2. The zero-order valence-electron chi connectivity index (χ0n) is 11.7. The number of rotatable bonds is 8. The molecule has 0 aliphatic heterocycles. The molecule has 3 N–H and O–H groups in total. The fraction of sp³-hybridized carbons (Fsp3) is 0.533. The summed E-state index contributed by atoms with van der Waals surface area (Å²) in [7, 11) is 0. The van der Waals surface area contributed by atoms with Gasteiger partial charge in [-0.15, -0.1) is 0 Å². The number of nitrogen functional groups attached to an aromatic ring is 1. The lowest BCUT2D eigenvalue weighted by Gasteiger charge is -2.16. The molecule has 0 aliphatic carbocycles. The lowest BCUT2D eigenvalue weighted by molar-refractivity contribution is -0.139. The summed E-state index contributed by atoms with van der Waals surface area (Å²) < 4.78 is 0. The molecule has 1 rings (SSSR count). The number of benzene rings is 1. The summed E-state index contributed by atoms with van der Waals surface area (Å²) in [6.07, 6.45) is 5.93. The molecule has 1 aromatic rings. The highest BCUT2D eigenvalue weighted by atomic mass is 35.5. The first-order chi connectivity index (χ1) is 9.47. The number of aliphatic carboxylic acids is 1. The van der Waals surface area contributed by atoms with Crippen LogP contribution in [-0.4, -0.2) is 11.1 Å². The van der Waals surface area contributed by atoms with Gasteiger partial charge in [0.15, 0.2) is 0 Å². The third-order valence-corrected chi connectivity index (χ3v) is 3.93. The summed E-state index contributed by atoms with van der Waals surface area (Å²) in [4.78, 5) is 11.5. The van der Waals surface area contributed by atoms with E-state index in [1.54, 1.807) is 6.07 Å². The highest BCUT2D eigenvalue weighted by Crippen LogP contribution is 2.35. The van der Waals surface area contributed by atoms with Crippen LogP contribution in [0.1, 0.15) is 56.9 Å². The van der Waals surface area contributed by atoms with Crippen molar-refractivity contribution in [1.29, 1.82) is 0 Å². The number of unbranched alkanes of at least 4 members (excludes halogenated alkanes) is 4. The third kappa shape index (κ3) is 4.88. The van der Waals surface area contributed by atoms with Gasteiger partial charge in [0, 0.05) is 5.02 Å². The SMILES string of the molecule is CCCCCCCC(C(=O)O)c1cc(Cl)cc(Cl)c1N. The van der Waals surface area contributed by atoms with Gasteiger partial charge in [-0.2, -0.15) is 0 Å². The minimum Gasteiger partial charge on any atom is -0.481 e. The number of anilines is 1. The Kier molecular flexibility index (Phi) is 7.17. The molecule has 0 aliphatic rings. The van der Waals surface area contributed by atoms with Crippen LogP contribution in [-0.2, 0) is 4.79 Å². The van der Waals surface area contributed by atoms with Crippen LogP contribution in [0.2, 0.25) is 10.0 Å². The number of halogens is 2. The maximum Gasteiger partial charge on any atom is 0.311 e. The van der Waals surface area contributed by atoms with Crippen LogP contribution in [0.5, 0.6) is 0 Å². The van der Waals surface area contributed by atoms with Crippen molar-refractivity contribution in [3.8, 4) is 0 Å². The van der Waals surface area contributed by atoms with Crippen molar-refractivity contribution >= 4 is 34.9 Å². The summed E-state index contributed by atoms with van der Waals surface area (Å²) >= 11 is 11.9. The Balaban J connectivity index is 2.79. The third-order valence-electron chi connectivity index (χ3n) is 3.40. The van der Waals surface area contributed by atoms with E-state index in [-0.39, 0.29) is 0 Å². The molecular formula is C15H21Cl2NO2. The number of carboxylic acids is 1. The predicted octanol–water partition coefficient (Wildman–Crippen LogP) is 5.10. The smallest absolute Gasteiger partial charge is 0.311 e. The van der Waals surface area contributed by atoms with Crippen LogP contribution < -0.4 is 5.73 Å². The standard InChI is InChI=1S/C15H21Cl2NO2/c1-2-3-4-5-6-7-11(15(19)20)12-8-10(16)9-13(17)14(12)18/h8-9,11H,2-7,18H2,1H3,(H,19,20). The van der Waals surface area contributed by atoms with E-state index in [1.807, 2.05) is 0 Å². The van der Waals surface area contributed by atoms with Gasteiger partial charge in [-0.05, 0) is 24.1 Å². The molecule has 0 aromatic heterocycles. The highest BCUT2D eigenvalue weighted by Gasteiger charge is 2.23. The van der Waals surface area contributed by atoms with E-state index >= 15 is 0 Å². The zero-order valence-corrected chi connectivity index (χ0v) is 13.2. The molecule has 0 bridgehead atoms. The fourth-order valence-corrected chi connectivity index (χ4v) is 2.77. The second-order valence-electron chi connectivity index (χ2n) is 4.98. The largest absolute Gasteiger partial charge is 0.481 e. The molecule has 20 heavy (non-hydrogen) atoms. The molecule has 0 radical (unpaired) electrons. The summed E-state index contributed by atoms with van der Waals surface area (Å²) in [5.74, 6) is -1.53. The molecular weight excluding hydrogens is 297 g/mol. The van der Waals surface area contributed by atoms with Gasteiger partial charge in [-0.25, -0.2) is 0 Å².